The number of aromatic nitrogens is 2. The molecule has 1 aliphatic rings. The fraction of sp³-hybridized carbons (Fsp3) is 0.267. The number of fused-ring (bicyclic) bond motifs is 1. The van der Waals surface area contributed by atoms with Crippen LogP contribution in [0.1, 0.15) is 24.3 Å². The third-order valence-electron chi connectivity index (χ3n) is 3.45. The van der Waals surface area contributed by atoms with Crippen LogP contribution in [0.5, 0.6) is 5.75 Å². The molecule has 3 rings (SSSR count). The number of amides is 2. The van der Waals surface area contributed by atoms with E-state index in [0.29, 0.717) is 29.4 Å². The lowest BCUT2D eigenvalue weighted by atomic mass is 10.2. The highest BCUT2D eigenvalue weighted by Crippen LogP contribution is 2.32. The monoisotopic (exact) mass is 300 g/mol. The molecular weight excluding hydrogens is 284 g/mol. The van der Waals surface area contributed by atoms with E-state index >= 15 is 0 Å². The molecule has 22 heavy (non-hydrogen) atoms. The van der Waals surface area contributed by atoms with Crippen molar-refractivity contribution >= 4 is 23.2 Å². The first-order valence-corrected chi connectivity index (χ1v) is 7.01. The van der Waals surface area contributed by atoms with Gasteiger partial charge in [0.2, 0.25) is 0 Å². The molecule has 2 aromatic rings. The molecule has 1 aromatic heterocycles. The lowest BCUT2D eigenvalue weighted by Gasteiger charge is -2.23. The van der Waals surface area contributed by atoms with Crippen LogP contribution < -0.4 is 15.4 Å². The molecule has 1 aromatic carbocycles. The smallest absolute Gasteiger partial charge is 0.273 e. The van der Waals surface area contributed by atoms with Gasteiger partial charge in [-0.25, -0.2) is 4.98 Å². The summed E-state index contributed by atoms with van der Waals surface area (Å²) in [5.41, 5.74) is 1.60. The number of imidazole rings is 1. The van der Waals surface area contributed by atoms with Crippen molar-refractivity contribution in [2.75, 3.05) is 10.6 Å². The van der Waals surface area contributed by atoms with Crippen molar-refractivity contribution in [1.29, 1.82) is 0 Å². The molecule has 1 aliphatic heterocycles. The van der Waals surface area contributed by atoms with E-state index in [4.69, 9.17) is 4.74 Å². The van der Waals surface area contributed by atoms with Gasteiger partial charge in [0, 0.05) is 12.2 Å². The number of hydrogen-bond acceptors (Lipinski definition) is 4. The molecule has 2 amide bonds. The van der Waals surface area contributed by atoms with Crippen LogP contribution in [0.15, 0.2) is 30.7 Å². The lowest BCUT2D eigenvalue weighted by molar-refractivity contribution is -0.122. The Morgan fingerprint density at radius 3 is 3.09 bits per heavy atom. The zero-order valence-corrected chi connectivity index (χ0v) is 12.3. The predicted molar refractivity (Wildman–Crippen MR) is 81.0 cm³/mol. The maximum absolute atomic E-state index is 12.2. The van der Waals surface area contributed by atoms with Crippen LogP contribution in [0.3, 0.4) is 0 Å². The van der Waals surface area contributed by atoms with E-state index in [2.05, 4.69) is 15.6 Å². The number of ether oxygens (including phenoxy) is 1. The second-order valence-corrected chi connectivity index (χ2v) is 4.98. The Morgan fingerprint density at radius 2 is 2.32 bits per heavy atom. The number of carbonyl (C=O) groups is 2. The molecule has 0 fully saturated rings. The third-order valence-corrected chi connectivity index (χ3v) is 3.45. The van der Waals surface area contributed by atoms with E-state index < -0.39 is 6.10 Å². The van der Waals surface area contributed by atoms with Gasteiger partial charge >= 0.3 is 0 Å². The van der Waals surface area contributed by atoms with Crippen LogP contribution in [0.4, 0.5) is 11.4 Å². The Balaban J connectivity index is 1.81. The summed E-state index contributed by atoms with van der Waals surface area (Å²) in [5, 5.41) is 5.54. The topological polar surface area (TPSA) is 85.3 Å². The Kier molecular flexibility index (Phi) is 3.54. The van der Waals surface area contributed by atoms with Crippen LogP contribution in [0, 0.1) is 0 Å². The average Bonchev–Trinajstić information content (AvgIpc) is 2.97. The zero-order chi connectivity index (χ0) is 15.7. The Hall–Kier alpha value is -2.83. The van der Waals surface area contributed by atoms with E-state index in [1.54, 1.807) is 36.0 Å². The highest BCUT2D eigenvalue weighted by atomic mass is 16.5. The molecule has 0 aliphatic carbocycles. The third kappa shape index (κ3) is 2.52. The summed E-state index contributed by atoms with van der Waals surface area (Å²) in [6, 6.07) is 5.12. The van der Waals surface area contributed by atoms with E-state index in [-0.39, 0.29) is 11.8 Å². The molecule has 114 valence electrons. The number of anilines is 2. The van der Waals surface area contributed by atoms with Gasteiger partial charge in [0.1, 0.15) is 11.4 Å². The number of aryl methyl sites for hydroxylation is 1. The van der Waals surface area contributed by atoms with Gasteiger partial charge in [-0.05, 0) is 32.0 Å². The number of benzene rings is 1. The molecule has 0 saturated heterocycles. The van der Waals surface area contributed by atoms with E-state index in [1.807, 2.05) is 6.92 Å². The van der Waals surface area contributed by atoms with Crippen LogP contribution in [-0.2, 0) is 11.3 Å². The molecule has 0 radical (unpaired) electrons. The molecule has 7 heteroatoms. The zero-order valence-electron chi connectivity index (χ0n) is 12.3. The maximum Gasteiger partial charge on any atom is 0.273 e. The van der Waals surface area contributed by atoms with Crippen molar-refractivity contribution in [3.05, 3.63) is 36.4 Å². The fourth-order valence-electron chi connectivity index (χ4n) is 2.24. The summed E-state index contributed by atoms with van der Waals surface area (Å²) in [7, 11) is 0. The van der Waals surface area contributed by atoms with Crippen molar-refractivity contribution in [3.63, 3.8) is 0 Å². The van der Waals surface area contributed by atoms with Gasteiger partial charge in [-0.2, -0.15) is 0 Å². The van der Waals surface area contributed by atoms with Crippen molar-refractivity contribution in [1.82, 2.24) is 9.55 Å². The maximum atomic E-state index is 12.2. The SMILES string of the molecule is CCn1cncc1C(=O)Nc1ccc2c(c1)NC(=O)[C@@H](C)O2. The Labute approximate surface area is 127 Å². The second-order valence-electron chi connectivity index (χ2n) is 4.98. The van der Waals surface area contributed by atoms with E-state index in [1.165, 1.54) is 6.20 Å². The molecule has 0 bridgehead atoms. The molecular formula is C15H16N4O3. The van der Waals surface area contributed by atoms with Crippen molar-refractivity contribution < 1.29 is 14.3 Å². The van der Waals surface area contributed by atoms with Crippen molar-refractivity contribution in [2.45, 2.75) is 26.5 Å². The van der Waals surface area contributed by atoms with E-state index in [0.717, 1.165) is 0 Å². The molecule has 2 N–H and O–H groups in total. The summed E-state index contributed by atoms with van der Waals surface area (Å²) < 4.78 is 7.22. The minimum atomic E-state index is -0.521. The van der Waals surface area contributed by atoms with Gasteiger partial charge in [0.15, 0.2) is 6.10 Å². The number of nitrogens with zero attached hydrogens (tertiary/aromatic N) is 2. The van der Waals surface area contributed by atoms with Crippen LogP contribution in [-0.4, -0.2) is 27.5 Å². The van der Waals surface area contributed by atoms with Crippen LogP contribution >= 0.6 is 0 Å². The van der Waals surface area contributed by atoms with Gasteiger partial charge in [-0.3, -0.25) is 9.59 Å². The van der Waals surface area contributed by atoms with E-state index in [9.17, 15) is 9.59 Å². The fourth-order valence-corrected chi connectivity index (χ4v) is 2.24. The molecule has 2 heterocycles. The molecule has 1 atom stereocenters. The van der Waals surface area contributed by atoms with Crippen molar-refractivity contribution in [3.8, 4) is 5.75 Å². The molecule has 0 spiro atoms. The Bertz CT molecular complexity index is 738. The highest BCUT2D eigenvalue weighted by molar-refractivity contribution is 6.04. The number of rotatable bonds is 3. The highest BCUT2D eigenvalue weighted by Gasteiger charge is 2.23. The summed E-state index contributed by atoms with van der Waals surface area (Å²) in [5.74, 6) is 0.124. The minimum Gasteiger partial charge on any atom is -0.479 e. The quantitative estimate of drug-likeness (QED) is 0.906. The van der Waals surface area contributed by atoms with Crippen LogP contribution in [0.2, 0.25) is 0 Å². The standard InChI is InChI=1S/C15H16N4O3/c1-3-19-8-16-7-12(19)15(21)17-10-4-5-13-11(6-10)18-14(20)9(2)22-13/h4-9H,3H2,1-2H3,(H,17,21)(H,18,20)/t9-/m1/s1. The summed E-state index contributed by atoms with van der Waals surface area (Å²) in [6.07, 6.45) is 2.60. The number of carbonyl (C=O) groups excluding carboxylic acids is 2. The Morgan fingerprint density at radius 1 is 1.50 bits per heavy atom. The normalized spacial score (nSPS) is 16.5. The first kappa shape index (κ1) is 14.1. The lowest BCUT2D eigenvalue weighted by Crippen LogP contribution is -2.34. The van der Waals surface area contributed by atoms with Gasteiger partial charge in [-0.1, -0.05) is 0 Å². The molecule has 0 saturated carbocycles. The second kappa shape index (κ2) is 5.51. The van der Waals surface area contributed by atoms with Crippen LogP contribution in [0.25, 0.3) is 0 Å². The molecule has 0 unspecified atom stereocenters. The summed E-state index contributed by atoms with van der Waals surface area (Å²) >= 11 is 0. The minimum absolute atomic E-state index is 0.208. The predicted octanol–water partition coefficient (Wildman–Crippen LogP) is 1.87. The van der Waals surface area contributed by atoms with Crippen molar-refractivity contribution in [2.24, 2.45) is 0 Å². The van der Waals surface area contributed by atoms with Gasteiger partial charge in [0.25, 0.3) is 11.8 Å². The van der Waals surface area contributed by atoms with Gasteiger partial charge in [-0.15, -0.1) is 0 Å². The van der Waals surface area contributed by atoms with Gasteiger partial charge < -0.3 is 19.9 Å². The number of nitrogens with one attached hydrogen (secondary N) is 2. The number of hydrogen-bond donors (Lipinski definition) is 2. The largest absolute Gasteiger partial charge is 0.479 e. The summed E-state index contributed by atoms with van der Waals surface area (Å²) in [4.78, 5) is 27.8. The summed E-state index contributed by atoms with van der Waals surface area (Å²) in [6.45, 7) is 4.28. The first-order valence-electron chi connectivity index (χ1n) is 7.01. The van der Waals surface area contributed by atoms with Gasteiger partial charge in [0.05, 0.1) is 18.2 Å². The average molecular weight is 300 g/mol. The molecule has 7 nitrogen and oxygen atoms in total. The first-order chi connectivity index (χ1) is 10.6.